The summed E-state index contributed by atoms with van der Waals surface area (Å²) in [6.07, 6.45) is 6.68. The predicted octanol–water partition coefficient (Wildman–Crippen LogP) is 2.61. The first kappa shape index (κ1) is 17.7. The highest BCUT2D eigenvalue weighted by Crippen LogP contribution is 2.31. The van der Waals surface area contributed by atoms with Gasteiger partial charge < -0.3 is 15.5 Å². The molecule has 140 valence electrons. The zero-order valence-electron chi connectivity index (χ0n) is 15.3. The molecule has 1 fully saturated rings. The fourth-order valence-electron chi connectivity index (χ4n) is 3.86. The van der Waals surface area contributed by atoms with E-state index in [0.29, 0.717) is 24.4 Å². The third-order valence-electron chi connectivity index (χ3n) is 5.35. The summed E-state index contributed by atoms with van der Waals surface area (Å²) in [6, 6.07) is 9.34. The normalized spacial score (nSPS) is 18.4. The van der Waals surface area contributed by atoms with Crippen molar-refractivity contribution >= 4 is 23.2 Å². The molecule has 0 aliphatic carbocycles. The predicted molar refractivity (Wildman–Crippen MR) is 105 cm³/mol. The van der Waals surface area contributed by atoms with Crippen molar-refractivity contribution in [2.45, 2.75) is 25.7 Å². The molecule has 2 aromatic rings. The number of fused-ring (bicyclic) bond motifs is 1. The second-order valence-electron chi connectivity index (χ2n) is 7.24. The minimum Gasteiger partial charge on any atom is -0.326 e. The van der Waals surface area contributed by atoms with Crippen molar-refractivity contribution in [2.24, 2.45) is 5.92 Å². The minimum atomic E-state index is -0.0381. The van der Waals surface area contributed by atoms with Crippen LogP contribution in [0.5, 0.6) is 0 Å². The Hall–Kier alpha value is -2.73. The smallest absolute Gasteiger partial charge is 0.259 e. The highest BCUT2D eigenvalue weighted by atomic mass is 16.2. The van der Waals surface area contributed by atoms with Crippen molar-refractivity contribution in [2.75, 3.05) is 29.9 Å². The second kappa shape index (κ2) is 7.88. The maximum atomic E-state index is 12.7. The average molecular weight is 364 g/mol. The van der Waals surface area contributed by atoms with Gasteiger partial charge in [-0.2, -0.15) is 0 Å². The summed E-state index contributed by atoms with van der Waals surface area (Å²) < 4.78 is 0. The van der Waals surface area contributed by atoms with E-state index in [-0.39, 0.29) is 11.8 Å². The number of nitrogens with one attached hydrogen (secondary N) is 2. The Morgan fingerprint density at radius 3 is 3.00 bits per heavy atom. The topological polar surface area (TPSA) is 74.3 Å². The Kier molecular flexibility index (Phi) is 5.16. The van der Waals surface area contributed by atoms with Crippen LogP contribution in [0.2, 0.25) is 0 Å². The van der Waals surface area contributed by atoms with Gasteiger partial charge in [-0.15, -0.1) is 0 Å². The number of rotatable bonds is 5. The number of pyridine rings is 1. The molecule has 1 saturated heterocycles. The van der Waals surface area contributed by atoms with Gasteiger partial charge in [-0.1, -0.05) is 0 Å². The van der Waals surface area contributed by atoms with Crippen LogP contribution in [0, 0.1) is 5.92 Å². The highest BCUT2D eigenvalue weighted by molar-refractivity contribution is 6.07. The number of nitrogens with zero attached hydrogens (tertiary/aromatic N) is 2. The summed E-state index contributed by atoms with van der Waals surface area (Å²) in [7, 11) is 0. The van der Waals surface area contributed by atoms with E-state index in [1.165, 1.54) is 0 Å². The molecule has 0 spiro atoms. The zero-order valence-corrected chi connectivity index (χ0v) is 15.3. The molecule has 0 bridgehead atoms. The number of hydrogen-bond acceptors (Lipinski definition) is 4. The molecule has 0 radical (unpaired) electrons. The van der Waals surface area contributed by atoms with Gasteiger partial charge in [0.15, 0.2) is 0 Å². The molecule has 3 heterocycles. The summed E-state index contributed by atoms with van der Waals surface area (Å²) in [5, 5.41) is 6.33. The van der Waals surface area contributed by atoms with Crippen LogP contribution in [-0.2, 0) is 11.2 Å². The molecule has 2 aliphatic rings. The van der Waals surface area contributed by atoms with Gasteiger partial charge in [0.2, 0.25) is 5.91 Å². The molecule has 27 heavy (non-hydrogen) atoms. The van der Waals surface area contributed by atoms with Crippen molar-refractivity contribution in [3.63, 3.8) is 0 Å². The van der Waals surface area contributed by atoms with Crippen LogP contribution in [0.1, 0.15) is 35.2 Å². The Balaban J connectivity index is 1.39. The van der Waals surface area contributed by atoms with Crippen molar-refractivity contribution in [1.82, 2.24) is 10.3 Å². The molecule has 6 heteroatoms. The summed E-state index contributed by atoms with van der Waals surface area (Å²) in [5.41, 5.74) is 3.40. The number of anilines is 2. The van der Waals surface area contributed by atoms with E-state index in [9.17, 15) is 9.59 Å². The summed E-state index contributed by atoms with van der Waals surface area (Å²) in [4.78, 5) is 30.7. The number of amides is 2. The third kappa shape index (κ3) is 4.01. The van der Waals surface area contributed by atoms with Gasteiger partial charge in [-0.05, 0) is 74.2 Å². The van der Waals surface area contributed by atoms with Crippen LogP contribution in [0.3, 0.4) is 0 Å². The van der Waals surface area contributed by atoms with Crippen LogP contribution in [0.4, 0.5) is 11.4 Å². The molecule has 6 nitrogen and oxygen atoms in total. The number of aromatic nitrogens is 1. The molecule has 2 aliphatic heterocycles. The lowest BCUT2D eigenvalue weighted by molar-refractivity contribution is -0.116. The fraction of sp³-hybridized carbons (Fsp3) is 0.381. The molecule has 0 saturated carbocycles. The van der Waals surface area contributed by atoms with E-state index in [2.05, 4.69) is 15.6 Å². The maximum Gasteiger partial charge on any atom is 0.259 e. The van der Waals surface area contributed by atoms with Crippen molar-refractivity contribution in [1.29, 1.82) is 0 Å². The van der Waals surface area contributed by atoms with Crippen molar-refractivity contribution in [3.8, 4) is 0 Å². The molecular weight excluding hydrogens is 340 g/mol. The molecule has 4 rings (SSSR count). The van der Waals surface area contributed by atoms with E-state index in [4.69, 9.17) is 0 Å². The van der Waals surface area contributed by atoms with Crippen LogP contribution >= 0.6 is 0 Å². The van der Waals surface area contributed by atoms with Crippen LogP contribution in [-0.4, -0.2) is 36.4 Å². The van der Waals surface area contributed by atoms with Crippen LogP contribution < -0.4 is 15.5 Å². The summed E-state index contributed by atoms with van der Waals surface area (Å²) in [6.45, 7) is 2.73. The fourth-order valence-corrected chi connectivity index (χ4v) is 3.86. The van der Waals surface area contributed by atoms with Crippen molar-refractivity contribution < 1.29 is 9.59 Å². The van der Waals surface area contributed by atoms with E-state index < -0.39 is 0 Å². The van der Waals surface area contributed by atoms with E-state index in [1.807, 2.05) is 18.2 Å². The molecular formula is C21H24N4O2. The Morgan fingerprint density at radius 2 is 2.22 bits per heavy atom. The number of hydrogen-bond donors (Lipinski definition) is 2. The van der Waals surface area contributed by atoms with E-state index >= 15 is 0 Å². The minimum absolute atomic E-state index is 0.0381. The van der Waals surface area contributed by atoms with Crippen LogP contribution in [0.25, 0.3) is 0 Å². The number of carbonyl (C=O) groups excluding carboxylic acids is 2. The number of carbonyl (C=O) groups is 2. The Bertz CT molecular complexity index is 831. The maximum absolute atomic E-state index is 12.7. The lowest BCUT2D eigenvalue weighted by Gasteiger charge is -2.17. The Labute approximate surface area is 159 Å². The van der Waals surface area contributed by atoms with Gasteiger partial charge in [0.1, 0.15) is 0 Å². The standard InChI is InChI=1S/C21H24N4O2/c26-20(6-3-15-7-10-23-13-15)24-18-4-5-19-16(12-18)8-11-25(19)21(27)17-2-1-9-22-14-17/h1-2,4-5,9,12,14-15,23H,3,6-8,10-11,13H2,(H,24,26). The summed E-state index contributed by atoms with van der Waals surface area (Å²) in [5.74, 6) is 0.634. The van der Waals surface area contributed by atoms with Crippen LogP contribution in [0.15, 0.2) is 42.7 Å². The van der Waals surface area contributed by atoms with Gasteiger partial charge in [-0.3, -0.25) is 14.6 Å². The van der Waals surface area contributed by atoms with Gasteiger partial charge in [-0.25, -0.2) is 0 Å². The Morgan fingerprint density at radius 1 is 1.30 bits per heavy atom. The van der Waals surface area contributed by atoms with Gasteiger partial charge in [0.25, 0.3) is 5.91 Å². The molecule has 1 unspecified atom stereocenters. The van der Waals surface area contributed by atoms with Gasteiger partial charge >= 0.3 is 0 Å². The van der Waals surface area contributed by atoms with Gasteiger partial charge in [0, 0.05) is 36.7 Å². The molecule has 1 atom stereocenters. The molecule has 2 N–H and O–H groups in total. The quantitative estimate of drug-likeness (QED) is 0.855. The number of benzene rings is 1. The molecule has 2 amide bonds. The first-order chi connectivity index (χ1) is 13.2. The second-order valence-corrected chi connectivity index (χ2v) is 7.24. The average Bonchev–Trinajstić information content (AvgIpc) is 3.36. The first-order valence-corrected chi connectivity index (χ1v) is 9.56. The third-order valence-corrected chi connectivity index (χ3v) is 5.35. The highest BCUT2D eigenvalue weighted by Gasteiger charge is 2.26. The molecule has 1 aromatic carbocycles. The van der Waals surface area contributed by atoms with E-state index in [0.717, 1.165) is 49.3 Å². The first-order valence-electron chi connectivity index (χ1n) is 9.56. The molecule has 1 aromatic heterocycles. The monoisotopic (exact) mass is 364 g/mol. The SMILES string of the molecule is O=C(CCC1CCNC1)Nc1ccc2c(c1)CCN2C(=O)c1cccnc1. The lowest BCUT2D eigenvalue weighted by atomic mass is 10.0. The van der Waals surface area contributed by atoms with Gasteiger partial charge in [0.05, 0.1) is 5.56 Å². The lowest BCUT2D eigenvalue weighted by Crippen LogP contribution is -2.28. The largest absolute Gasteiger partial charge is 0.326 e. The zero-order chi connectivity index (χ0) is 18.6. The van der Waals surface area contributed by atoms with E-state index in [1.54, 1.807) is 29.4 Å². The summed E-state index contributed by atoms with van der Waals surface area (Å²) >= 11 is 0. The van der Waals surface area contributed by atoms with Crippen molar-refractivity contribution in [3.05, 3.63) is 53.9 Å².